The van der Waals surface area contributed by atoms with Gasteiger partial charge < -0.3 is 0 Å². The van der Waals surface area contributed by atoms with Gasteiger partial charge in [0.25, 0.3) is 0 Å². The van der Waals surface area contributed by atoms with Crippen LogP contribution in [0.5, 0.6) is 0 Å². The molecule has 0 amide bonds. The molecular formula is C47H55SiZr. The Morgan fingerprint density at radius 1 is 0.776 bits per heavy atom. The minimum atomic E-state index is -0.313. The molecule has 1 unspecified atom stereocenters. The molecule has 251 valence electrons. The summed E-state index contributed by atoms with van der Waals surface area (Å²) in [6, 6.07) is 32.2. The van der Waals surface area contributed by atoms with Crippen molar-refractivity contribution in [1.29, 1.82) is 0 Å². The Balaban J connectivity index is 0.000000190. The van der Waals surface area contributed by atoms with Gasteiger partial charge in [0, 0.05) is 8.80 Å². The second-order valence-corrected chi connectivity index (χ2v) is 19.9. The zero-order valence-corrected chi connectivity index (χ0v) is 35.3. The van der Waals surface area contributed by atoms with E-state index in [0.29, 0.717) is 5.92 Å². The summed E-state index contributed by atoms with van der Waals surface area (Å²) in [6.07, 6.45) is 7.32. The van der Waals surface area contributed by atoms with E-state index < -0.39 is 0 Å². The van der Waals surface area contributed by atoms with E-state index in [2.05, 4.69) is 166 Å². The van der Waals surface area contributed by atoms with Gasteiger partial charge in [-0.3, -0.25) is 0 Å². The largest absolute Gasteiger partial charge is 2.00 e. The Hall–Kier alpha value is -2.67. The summed E-state index contributed by atoms with van der Waals surface area (Å²) in [5.41, 5.74) is 18.6. The molecule has 49 heavy (non-hydrogen) atoms. The van der Waals surface area contributed by atoms with E-state index in [-0.39, 0.29) is 45.8 Å². The third-order valence-electron chi connectivity index (χ3n) is 10.7. The van der Waals surface area contributed by atoms with Crippen molar-refractivity contribution in [3.05, 3.63) is 136 Å². The zero-order chi connectivity index (χ0) is 34.5. The van der Waals surface area contributed by atoms with E-state index in [9.17, 15) is 0 Å². The van der Waals surface area contributed by atoms with Crippen LogP contribution in [0.15, 0.2) is 90.5 Å². The standard InChI is InChI=1S/C25H30Si.C22H25.Zr/c1-16-13-18-15-22-20(11-12-23(22)26(5)6)24(21(18)14-16)17-7-9-19(10-8-17)25(2,3)4;1-15(2)18-13-17-7-6-8-20(21(17)14-18)16-9-11-19(12-10-16)22(3,4)5;/h7-10,15,23H,11-12,14H2,1-6H3;6-15H,1-5H3;/q2*-1;+2. The molecule has 0 spiro atoms. The number of benzene rings is 4. The minimum Gasteiger partial charge on any atom is -0.188 e. The average Bonchev–Trinajstić information content (AvgIpc) is 3.75. The Kier molecular flexibility index (Phi) is 11.1. The molecule has 0 aromatic heterocycles. The summed E-state index contributed by atoms with van der Waals surface area (Å²) in [6.45, 7) is 25.3. The van der Waals surface area contributed by atoms with Gasteiger partial charge >= 0.3 is 26.2 Å². The molecule has 0 bridgehead atoms. The first kappa shape index (κ1) is 37.6. The molecular weight excluding hydrogens is 684 g/mol. The number of fused-ring (bicyclic) bond motifs is 3. The van der Waals surface area contributed by atoms with Crippen LogP contribution in [-0.4, -0.2) is 8.80 Å². The SMILES string of the molecule is CC(C)c1cc2c(-c3ccc(C(C)(C)C)cc3)cccc2[cH-]1.CC1=[C-]c2cc3c(c(-c4ccc(C(C)(C)C)cc4)c2C1)CCC3[Si](C)C.[Zr+2]. The summed E-state index contributed by atoms with van der Waals surface area (Å²) in [5.74, 6) is 0.573. The number of hydrogen-bond acceptors (Lipinski definition) is 0. The van der Waals surface area contributed by atoms with Crippen molar-refractivity contribution in [2.45, 2.75) is 117 Å². The molecule has 0 saturated carbocycles. The van der Waals surface area contributed by atoms with Crippen LogP contribution in [0, 0.1) is 6.08 Å². The molecule has 0 nitrogen and oxygen atoms in total. The second kappa shape index (κ2) is 14.5. The van der Waals surface area contributed by atoms with Crippen LogP contribution in [0.1, 0.15) is 119 Å². The molecule has 5 aromatic rings. The van der Waals surface area contributed by atoms with Crippen LogP contribution < -0.4 is 0 Å². The van der Waals surface area contributed by atoms with Crippen molar-refractivity contribution < 1.29 is 26.2 Å². The van der Waals surface area contributed by atoms with E-state index in [1.165, 1.54) is 79.3 Å². The van der Waals surface area contributed by atoms with Crippen molar-refractivity contribution in [3.63, 3.8) is 0 Å². The van der Waals surface area contributed by atoms with E-state index in [4.69, 9.17) is 0 Å². The molecule has 0 saturated heterocycles. The van der Waals surface area contributed by atoms with Crippen molar-refractivity contribution in [2.75, 3.05) is 0 Å². The van der Waals surface area contributed by atoms with Gasteiger partial charge in [-0.2, -0.15) is 23.8 Å². The van der Waals surface area contributed by atoms with Crippen LogP contribution in [0.3, 0.4) is 0 Å². The summed E-state index contributed by atoms with van der Waals surface area (Å²) in [4.78, 5) is 0. The van der Waals surface area contributed by atoms with Gasteiger partial charge in [0.15, 0.2) is 0 Å². The van der Waals surface area contributed by atoms with E-state index >= 15 is 0 Å². The third kappa shape index (κ3) is 7.82. The third-order valence-corrected chi connectivity index (χ3v) is 12.7. The molecule has 5 aromatic carbocycles. The van der Waals surface area contributed by atoms with Crippen LogP contribution in [-0.2, 0) is 49.9 Å². The van der Waals surface area contributed by atoms with Crippen molar-refractivity contribution >= 4 is 19.6 Å². The summed E-state index contributed by atoms with van der Waals surface area (Å²) >= 11 is 0. The molecule has 1 radical (unpaired) electrons. The van der Waals surface area contributed by atoms with Crippen LogP contribution in [0.25, 0.3) is 33.0 Å². The molecule has 0 N–H and O–H groups in total. The Labute approximate surface area is 318 Å². The maximum absolute atomic E-state index is 3.66. The Morgan fingerprint density at radius 3 is 1.92 bits per heavy atom. The van der Waals surface area contributed by atoms with E-state index in [1.54, 1.807) is 11.1 Å². The predicted octanol–water partition coefficient (Wildman–Crippen LogP) is 13.3. The van der Waals surface area contributed by atoms with Gasteiger partial charge in [0.1, 0.15) is 0 Å². The maximum atomic E-state index is 3.66. The topological polar surface area (TPSA) is 0 Å². The van der Waals surface area contributed by atoms with Crippen molar-refractivity contribution in [3.8, 4) is 22.3 Å². The molecule has 2 heteroatoms. The quantitative estimate of drug-likeness (QED) is 0.127. The van der Waals surface area contributed by atoms with Gasteiger partial charge in [0.2, 0.25) is 0 Å². The zero-order valence-electron chi connectivity index (χ0n) is 31.9. The smallest absolute Gasteiger partial charge is 0.188 e. The molecule has 7 rings (SSSR count). The number of allylic oxidation sites excluding steroid dienone is 1. The first-order valence-electron chi connectivity index (χ1n) is 18.1. The van der Waals surface area contributed by atoms with Gasteiger partial charge in [-0.25, -0.2) is 0 Å². The van der Waals surface area contributed by atoms with Crippen molar-refractivity contribution in [1.82, 2.24) is 0 Å². The number of rotatable bonds is 4. The van der Waals surface area contributed by atoms with E-state index in [1.807, 2.05) is 0 Å². The second-order valence-electron chi connectivity index (χ2n) is 17.0. The first-order chi connectivity index (χ1) is 22.6. The fourth-order valence-electron chi connectivity index (χ4n) is 7.73. The predicted molar refractivity (Wildman–Crippen MR) is 212 cm³/mol. The molecule has 2 aliphatic carbocycles. The Morgan fingerprint density at radius 2 is 1.37 bits per heavy atom. The van der Waals surface area contributed by atoms with Gasteiger partial charge in [-0.05, 0) is 57.4 Å². The van der Waals surface area contributed by atoms with Gasteiger partial charge in [0.05, 0.1) is 0 Å². The molecule has 2 aliphatic rings. The first-order valence-corrected chi connectivity index (χ1v) is 20.7. The normalized spacial score (nSPS) is 15.5. The molecule has 0 fully saturated rings. The van der Waals surface area contributed by atoms with Crippen LogP contribution in [0.4, 0.5) is 0 Å². The summed E-state index contributed by atoms with van der Waals surface area (Å²) < 4.78 is 0. The van der Waals surface area contributed by atoms with Crippen molar-refractivity contribution in [2.24, 2.45) is 0 Å². The monoisotopic (exact) mass is 737 g/mol. The molecule has 0 aliphatic heterocycles. The Bertz CT molecular complexity index is 1950. The van der Waals surface area contributed by atoms with Gasteiger partial charge in [-0.1, -0.05) is 159 Å². The molecule has 0 heterocycles. The maximum Gasteiger partial charge on any atom is 2.00 e. The van der Waals surface area contributed by atoms with Crippen LogP contribution in [0.2, 0.25) is 13.1 Å². The van der Waals surface area contributed by atoms with E-state index in [0.717, 1.165) is 12.0 Å². The average molecular weight is 739 g/mol. The number of hydrogen-bond donors (Lipinski definition) is 0. The summed E-state index contributed by atoms with van der Waals surface area (Å²) in [7, 11) is -0.313. The summed E-state index contributed by atoms with van der Waals surface area (Å²) in [5, 5.41) is 2.72. The fraction of sp³-hybridized carbons (Fsp3) is 0.383. The fourth-order valence-corrected chi connectivity index (χ4v) is 9.33. The van der Waals surface area contributed by atoms with Gasteiger partial charge in [-0.15, -0.1) is 45.7 Å². The minimum absolute atomic E-state index is 0. The van der Waals surface area contributed by atoms with Crippen LogP contribution >= 0.6 is 0 Å². The molecule has 1 atom stereocenters.